The molecule has 0 saturated carbocycles. The lowest BCUT2D eigenvalue weighted by Gasteiger charge is -2.38. The van der Waals surface area contributed by atoms with Gasteiger partial charge in [-0.25, -0.2) is 13.1 Å². The highest BCUT2D eigenvalue weighted by Gasteiger charge is 2.35. The third kappa shape index (κ3) is 3.53. The molecule has 1 heterocycles. The normalized spacial score (nSPS) is 18.1. The fourth-order valence-corrected chi connectivity index (χ4v) is 3.98. The van der Waals surface area contributed by atoms with Crippen LogP contribution in [0.3, 0.4) is 0 Å². The number of hydrogen-bond donors (Lipinski definition) is 1. The number of ether oxygens (including phenoxy) is 1. The zero-order chi connectivity index (χ0) is 16.8. The summed E-state index contributed by atoms with van der Waals surface area (Å²) >= 11 is 0. The van der Waals surface area contributed by atoms with Crippen LogP contribution in [0.1, 0.15) is 44.4 Å². The van der Waals surface area contributed by atoms with E-state index in [2.05, 4.69) is 31.6 Å². The van der Waals surface area contributed by atoms with Crippen molar-refractivity contribution in [2.45, 2.75) is 51.9 Å². The van der Waals surface area contributed by atoms with Gasteiger partial charge in [-0.3, -0.25) is 0 Å². The lowest BCUT2D eigenvalue weighted by Crippen LogP contribution is -2.48. The van der Waals surface area contributed by atoms with Crippen LogP contribution < -0.4 is 4.72 Å². The van der Waals surface area contributed by atoms with Gasteiger partial charge < -0.3 is 4.74 Å². The lowest BCUT2D eigenvalue weighted by atomic mass is 9.85. The highest BCUT2D eigenvalue weighted by molar-refractivity contribution is 7.89. The summed E-state index contributed by atoms with van der Waals surface area (Å²) in [6.45, 7) is 13.8. The number of benzene rings is 1. The van der Waals surface area contributed by atoms with Crippen molar-refractivity contribution < 1.29 is 13.2 Å². The lowest BCUT2D eigenvalue weighted by molar-refractivity contribution is -0.0965. The van der Waals surface area contributed by atoms with Gasteiger partial charge in [0.25, 0.3) is 0 Å². The Kier molecular flexibility index (Phi) is 4.46. The zero-order valence-corrected chi connectivity index (χ0v) is 15.2. The molecule has 124 valence electrons. The van der Waals surface area contributed by atoms with E-state index in [0.29, 0.717) is 24.7 Å². The molecule has 5 heteroatoms. The molecule has 1 N–H and O–H groups in total. The molecule has 0 unspecified atom stereocenters. The van der Waals surface area contributed by atoms with E-state index in [9.17, 15) is 8.42 Å². The van der Waals surface area contributed by atoms with Crippen LogP contribution in [0, 0.1) is 19.3 Å². The third-order valence-corrected chi connectivity index (χ3v) is 5.89. The van der Waals surface area contributed by atoms with Crippen molar-refractivity contribution in [3.05, 3.63) is 28.8 Å². The van der Waals surface area contributed by atoms with Gasteiger partial charge in [-0.15, -0.1) is 0 Å². The first kappa shape index (κ1) is 17.4. The van der Waals surface area contributed by atoms with Crippen molar-refractivity contribution in [3.8, 4) is 0 Å². The molecule has 4 nitrogen and oxygen atoms in total. The maximum atomic E-state index is 12.7. The summed E-state index contributed by atoms with van der Waals surface area (Å²) in [4.78, 5) is 0.390. The second-order valence-electron chi connectivity index (χ2n) is 7.79. The first-order chi connectivity index (χ1) is 9.95. The minimum absolute atomic E-state index is 0.0857. The maximum Gasteiger partial charge on any atom is 0.240 e. The molecule has 0 aromatic heterocycles. The minimum atomic E-state index is -3.51. The highest BCUT2D eigenvalue weighted by Crippen LogP contribution is 2.30. The van der Waals surface area contributed by atoms with Crippen LogP contribution in [0.5, 0.6) is 0 Å². The Bertz CT molecular complexity index is 668. The Labute approximate surface area is 134 Å². The molecule has 1 aromatic carbocycles. The van der Waals surface area contributed by atoms with E-state index in [1.807, 2.05) is 26.8 Å². The number of hydrogen-bond acceptors (Lipinski definition) is 3. The largest absolute Gasteiger partial charge is 0.380 e. The van der Waals surface area contributed by atoms with Crippen LogP contribution in [0.2, 0.25) is 0 Å². The van der Waals surface area contributed by atoms with Crippen molar-refractivity contribution in [1.82, 2.24) is 4.72 Å². The molecule has 0 atom stereocenters. The van der Waals surface area contributed by atoms with Crippen LogP contribution in [0.25, 0.3) is 0 Å². The molecule has 1 aliphatic heterocycles. The highest BCUT2D eigenvalue weighted by atomic mass is 32.2. The molecule has 0 aliphatic carbocycles. The number of rotatable bonds is 4. The molecule has 22 heavy (non-hydrogen) atoms. The summed E-state index contributed by atoms with van der Waals surface area (Å²) in [6, 6.07) is 3.89. The minimum Gasteiger partial charge on any atom is -0.380 e. The Morgan fingerprint density at radius 3 is 2.27 bits per heavy atom. The molecule has 0 spiro atoms. The molecule has 2 rings (SSSR count). The van der Waals surface area contributed by atoms with Crippen LogP contribution in [-0.4, -0.2) is 28.2 Å². The first-order valence-corrected chi connectivity index (χ1v) is 9.12. The molecule has 0 amide bonds. The summed E-state index contributed by atoms with van der Waals surface area (Å²) in [5.74, 6) is 0. The summed E-state index contributed by atoms with van der Waals surface area (Å²) in [6.07, 6.45) is 0. The average Bonchev–Trinajstić information content (AvgIpc) is 2.35. The van der Waals surface area contributed by atoms with Gasteiger partial charge >= 0.3 is 0 Å². The molecule has 0 bridgehead atoms. The van der Waals surface area contributed by atoms with E-state index < -0.39 is 10.0 Å². The first-order valence-electron chi connectivity index (χ1n) is 7.64. The Morgan fingerprint density at radius 1 is 1.23 bits per heavy atom. The molecule has 1 fully saturated rings. The van der Waals surface area contributed by atoms with Crippen LogP contribution >= 0.6 is 0 Å². The second-order valence-corrected chi connectivity index (χ2v) is 9.53. The Morgan fingerprint density at radius 2 is 1.82 bits per heavy atom. The van der Waals surface area contributed by atoms with Gasteiger partial charge in [0.1, 0.15) is 0 Å². The van der Waals surface area contributed by atoms with Gasteiger partial charge in [-0.1, -0.05) is 33.8 Å². The van der Waals surface area contributed by atoms with E-state index in [-0.39, 0.29) is 10.8 Å². The van der Waals surface area contributed by atoms with Gasteiger partial charge in [0.15, 0.2) is 0 Å². The predicted molar refractivity (Wildman–Crippen MR) is 88.7 cm³/mol. The number of aryl methyl sites for hydroxylation is 1. The molecular formula is C17H27NO3S. The van der Waals surface area contributed by atoms with Crippen LogP contribution in [-0.2, 0) is 20.2 Å². The summed E-state index contributed by atoms with van der Waals surface area (Å²) in [5, 5.41) is 0. The number of sulfonamides is 1. The third-order valence-electron chi connectivity index (χ3n) is 4.37. The smallest absolute Gasteiger partial charge is 0.240 e. The molecular weight excluding hydrogens is 298 g/mol. The van der Waals surface area contributed by atoms with Gasteiger partial charge in [-0.05, 0) is 42.0 Å². The molecule has 0 radical (unpaired) electrons. The quantitative estimate of drug-likeness (QED) is 0.926. The van der Waals surface area contributed by atoms with Gasteiger partial charge in [0.05, 0.1) is 18.1 Å². The van der Waals surface area contributed by atoms with E-state index in [4.69, 9.17) is 4.74 Å². The standard InChI is InChI=1S/C17H27NO3S/c1-12-7-14(16(3,4)5)8-15(13(12)2)22(19,20)18-9-17(6)10-21-11-17/h7-8,18H,9-11H2,1-6H3. The average molecular weight is 325 g/mol. The topological polar surface area (TPSA) is 55.4 Å². The van der Waals surface area contributed by atoms with Crippen molar-refractivity contribution >= 4 is 10.0 Å². The summed E-state index contributed by atoms with van der Waals surface area (Å²) < 4.78 is 33.4. The predicted octanol–water partition coefficient (Wildman–Crippen LogP) is 2.92. The fourth-order valence-electron chi connectivity index (χ4n) is 2.44. The van der Waals surface area contributed by atoms with Crippen LogP contribution in [0.15, 0.2) is 17.0 Å². The Hall–Kier alpha value is -0.910. The molecule has 1 aromatic rings. The van der Waals surface area contributed by atoms with Crippen LogP contribution in [0.4, 0.5) is 0 Å². The van der Waals surface area contributed by atoms with E-state index >= 15 is 0 Å². The SMILES string of the molecule is Cc1cc(C(C)(C)C)cc(S(=O)(=O)NCC2(C)COC2)c1C. The monoisotopic (exact) mass is 325 g/mol. The van der Waals surface area contributed by atoms with Crippen molar-refractivity contribution in [1.29, 1.82) is 0 Å². The van der Waals surface area contributed by atoms with Gasteiger partial charge in [0, 0.05) is 12.0 Å². The fraction of sp³-hybridized carbons (Fsp3) is 0.647. The van der Waals surface area contributed by atoms with Crippen molar-refractivity contribution in [2.24, 2.45) is 5.41 Å². The van der Waals surface area contributed by atoms with E-state index in [0.717, 1.165) is 16.7 Å². The van der Waals surface area contributed by atoms with Crippen molar-refractivity contribution in [3.63, 3.8) is 0 Å². The van der Waals surface area contributed by atoms with E-state index in [1.54, 1.807) is 0 Å². The van der Waals surface area contributed by atoms with Crippen molar-refractivity contribution in [2.75, 3.05) is 19.8 Å². The van der Waals surface area contributed by atoms with E-state index in [1.165, 1.54) is 0 Å². The molecule has 1 saturated heterocycles. The summed E-state index contributed by atoms with van der Waals surface area (Å²) in [5.41, 5.74) is 2.68. The maximum absolute atomic E-state index is 12.7. The van der Waals surface area contributed by atoms with Gasteiger partial charge in [-0.2, -0.15) is 0 Å². The summed E-state index contributed by atoms with van der Waals surface area (Å²) in [7, 11) is -3.51. The molecule has 1 aliphatic rings. The van der Waals surface area contributed by atoms with Gasteiger partial charge in [0.2, 0.25) is 10.0 Å². The Balaban J connectivity index is 2.35. The second kappa shape index (κ2) is 5.62. The number of nitrogens with one attached hydrogen (secondary N) is 1. The zero-order valence-electron chi connectivity index (χ0n) is 14.4.